The SMILES string of the molecule is O=c1ccc(-n2c(SCc3ccc(Cl)cc3)nn3ncc(F)c3c2=O)c[nH]1. The molecule has 0 fully saturated rings. The quantitative estimate of drug-likeness (QED) is 0.529. The second-order valence-electron chi connectivity index (χ2n) is 5.58. The predicted octanol–water partition coefficient (Wildman–Crippen LogP) is 2.65. The van der Waals surface area contributed by atoms with Crippen molar-refractivity contribution >= 4 is 28.9 Å². The van der Waals surface area contributed by atoms with E-state index in [0.29, 0.717) is 21.6 Å². The molecule has 7 nitrogen and oxygen atoms in total. The number of hydrogen-bond acceptors (Lipinski definition) is 5. The van der Waals surface area contributed by atoms with Crippen LogP contribution in [0.2, 0.25) is 5.02 Å². The van der Waals surface area contributed by atoms with Gasteiger partial charge in [0.15, 0.2) is 16.5 Å². The highest BCUT2D eigenvalue weighted by Crippen LogP contribution is 2.23. The van der Waals surface area contributed by atoms with Crippen molar-refractivity contribution in [1.82, 2.24) is 24.4 Å². The number of benzene rings is 1. The van der Waals surface area contributed by atoms with Crippen molar-refractivity contribution in [3.63, 3.8) is 0 Å². The highest BCUT2D eigenvalue weighted by atomic mass is 35.5. The van der Waals surface area contributed by atoms with Crippen LogP contribution >= 0.6 is 23.4 Å². The van der Waals surface area contributed by atoms with E-state index < -0.39 is 11.4 Å². The van der Waals surface area contributed by atoms with Gasteiger partial charge in [0.05, 0.1) is 11.9 Å². The number of thioether (sulfide) groups is 1. The maximum atomic E-state index is 14.0. The van der Waals surface area contributed by atoms with Crippen LogP contribution in [0, 0.1) is 5.82 Å². The molecule has 0 aliphatic carbocycles. The molecule has 0 atom stereocenters. The molecule has 0 unspecified atom stereocenters. The van der Waals surface area contributed by atoms with Gasteiger partial charge in [0.2, 0.25) is 5.56 Å². The summed E-state index contributed by atoms with van der Waals surface area (Å²) in [5, 5.41) is 8.97. The Bertz CT molecular complexity index is 1230. The Morgan fingerprint density at radius 2 is 1.93 bits per heavy atom. The largest absolute Gasteiger partial charge is 0.327 e. The molecule has 0 saturated heterocycles. The summed E-state index contributed by atoms with van der Waals surface area (Å²) >= 11 is 7.17. The van der Waals surface area contributed by atoms with E-state index in [4.69, 9.17) is 11.6 Å². The molecule has 0 bridgehead atoms. The van der Waals surface area contributed by atoms with Crippen molar-refractivity contribution in [2.24, 2.45) is 0 Å². The summed E-state index contributed by atoms with van der Waals surface area (Å²) < 4.78 is 16.2. The second kappa shape index (κ2) is 7.01. The number of rotatable bonds is 4. The van der Waals surface area contributed by atoms with E-state index in [0.717, 1.165) is 16.4 Å². The maximum Gasteiger partial charge on any atom is 0.288 e. The van der Waals surface area contributed by atoms with Crippen LogP contribution in [-0.4, -0.2) is 24.4 Å². The normalized spacial score (nSPS) is 11.2. The van der Waals surface area contributed by atoms with Crippen LogP contribution in [0.4, 0.5) is 4.39 Å². The molecule has 0 radical (unpaired) electrons. The Hall–Kier alpha value is -2.91. The van der Waals surface area contributed by atoms with E-state index >= 15 is 0 Å². The van der Waals surface area contributed by atoms with E-state index in [1.807, 2.05) is 12.1 Å². The molecule has 3 heterocycles. The molecule has 136 valence electrons. The molecule has 27 heavy (non-hydrogen) atoms. The Morgan fingerprint density at radius 1 is 1.15 bits per heavy atom. The number of H-pyrrole nitrogens is 1. The fraction of sp³-hybridized carbons (Fsp3) is 0.0588. The monoisotopic (exact) mass is 403 g/mol. The first-order valence-corrected chi connectivity index (χ1v) is 9.12. The van der Waals surface area contributed by atoms with E-state index in [-0.39, 0.29) is 11.1 Å². The van der Waals surface area contributed by atoms with Gasteiger partial charge in [-0.2, -0.15) is 5.10 Å². The van der Waals surface area contributed by atoms with Crippen molar-refractivity contribution in [1.29, 1.82) is 0 Å². The molecule has 1 N–H and O–H groups in total. The topological polar surface area (TPSA) is 85.0 Å². The molecule has 4 aromatic rings. The molecule has 1 aromatic carbocycles. The van der Waals surface area contributed by atoms with Crippen LogP contribution in [0.25, 0.3) is 11.2 Å². The van der Waals surface area contributed by atoms with Crippen molar-refractivity contribution in [2.75, 3.05) is 0 Å². The number of aromatic nitrogens is 5. The minimum Gasteiger partial charge on any atom is -0.327 e. The average Bonchev–Trinajstić information content (AvgIpc) is 3.03. The van der Waals surface area contributed by atoms with Crippen molar-refractivity contribution in [2.45, 2.75) is 10.9 Å². The summed E-state index contributed by atoms with van der Waals surface area (Å²) in [6, 6.07) is 10.0. The van der Waals surface area contributed by atoms with Crippen molar-refractivity contribution in [3.05, 3.63) is 85.9 Å². The minimum atomic E-state index is -0.764. The van der Waals surface area contributed by atoms with Crippen LogP contribution in [-0.2, 0) is 5.75 Å². The van der Waals surface area contributed by atoms with E-state index in [1.54, 1.807) is 12.1 Å². The highest BCUT2D eigenvalue weighted by Gasteiger charge is 2.18. The fourth-order valence-corrected chi connectivity index (χ4v) is 3.56. The number of nitrogens with zero attached hydrogens (tertiary/aromatic N) is 4. The third kappa shape index (κ3) is 3.38. The highest BCUT2D eigenvalue weighted by molar-refractivity contribution is 7.98. The molecule has 0 saturated carbocycles. The van der Waals surface area contributed by atoms with Gasteiger partial charge in [-0.3, -0.25) is 14.2 Å². The molecule has 0 amide bonds. The average molecular weight is 404 g/mol. The number of hydrogen-bond donors (Lipinski definition) is 1. The molecule has 4 rings (SSSR count). The Balaban J connectivity index is 1.83. The second-order valence-corrected chi connectivity index (χ2v) is 6.96. The zero-order chi connectivity index (χ0) is 19.0. The lowest BCUT2D eigenvalue weighted by molar-refractivity contribution is 0.626. The number of nitrogens with one attached hydrogen (secondary N) is 1. The van der Waals surface area contributed by atoms with Crippen LogP contribution in [0.5, 0.6) is 0 Å². The van der Waals surface area contributed by atoms with E-state index in [1.165, 1.54) is 34.7 Å². The summed E-state index contributed by atoms with van der Waals surface area (Å²) in [5.41, 5.74) is 0.140. The van der Waals surface area contributed by atoms with E-state index in [9.17, 15) is 14.0 Å². The fourth-order valence-electron chi connectivity index (χ4n) is 2.49. The Labute approximate surface area is 160 Å². The molecule has 0 aliphatic heterocycles. The van der Waals surface area contributed by atoms with Crippen LogP contribution in [0.1, 0.15) is 5.56 Å². The number of pyridine rings is 1. The van der Waals surface area contributed by atoms with Crippen LogP contribution in [0.15, 0.2) is 63.5 Å². The molecule has 3 aromatic heterocycles. The van der Waals surface area contributed by atoms with Gasteiger partial charge >= 0.3 is 0 Å². The summed E-state index contributed by atoms with van der Waals surface area (Å²) in [6.07, 6.45) is 2.32. The lowest BCUT2D eigenvalue weighted by Gasteiger charge is -2.11. The molecule has 0 spiro atoms. The minimum absolute atomic E-state index is 0.267. The molecule has 10 heteroatoms. The smallest absolute Gasteiger partial charge is 0.288 e. The first kappa shape index (κ1) is 17.5. The first-order valence-electron chi connectivity index (χ1n) is 7.76. The molecule has 0 aliphatic rings. The lowest BCUT2D eigenvalue weighted by atomic mass is 10.2. The van der Waals surface area contributed by atoms with Crippen LogP contribution in [0.3, 0.4) is 0 Å². The Kier molecular flexibility index (Phi) is 4.54. The number of aromatic amines is 1. The molecular weight excluding hydrogens is 393 g/mol. The van der Waals surface area contributed by atoms with Crippen LogP contribution < -0.4 is 11.1 Å². The number of halogens is 2. The third-order valence-corrected chi connectivity index (χ3v) is 5.04. The van der Waals surface area contributed by atoms with Gasteiger partial charge in [0.25, 0.3) is 5.56 Å². The van der Waals surface area contributed by atoms with Gasteiger partial charge in [-0.05, 0) is 23.8 Å². The van der Waals surface area contributed by atoms with Gasteiger partial charge < -0.3 is 4.98 Å². The zero-order valence-electron chi connectivity index (χ0n) is 13.6. The predicted molar refractivity (Wildman–Crippen MR) is 100 cm³/mol. The van der Waals surface area contributed by atoms with Gasteiger partial charge in [-0.25, -0.2) is 4.39 Å². The van der Waals surface area contributed by atoms with Crippen molar-refractivity contribution in [3.8, 4) is 5.69 Å². The summed E-state index contributed by atoms with van der Waals surface area (Å²) in [7, 11) is 0. The number of fused-ring (bicyclic) bond motifs is 1. The molecular formula is C17H11ClFN5O2S. The first-order chi connectivity index (χ1) is 13.0. The third-order valence-electron chi connectivity index (χ3n) is 3.79. The van der Waals surface area contributed by atoms with Gasteiger partial charge in [-0.15, -0.1) is 9.73 Å². The zero-order valence-corrected chi connectivity index (χ0v) is 15.2. The standard InChI is InChI=1S/C17H11ClFN5O2S/c18-11-3-1-10(2-4-11)9-27-17-22-24-15(13(19)8-21-24)16(26)23(17)12-5-6-14(25)20-7-12/h1-8H,9H2,(H,20,25). The van der Waals surface area contributed by atoms with Crippen molar-refractivity contribution < 1.29 is 4.39 Å². The van der Waals surface area contributed by atoms with Gasteiger partial charge in [-0.1, -0.05) is 35.5 Å². The summed E-state index contributed by atoms with van der Waals surface area (Å²) in [4.78, 5) is 26.7. The van der Waals surface area contributed by atoms with Gasteiger partial charge in [0, 0.05) is 23.0 Å². The summed E-state index contributed by atoms with van der Waals surface area (Å²) in [5.74, 6) is -0.262. The lowest BCUT2D eigenvalue weighted by Crippen LogP contribution is -2.25. The van der Waals surface area contributed by atoms with Gasteiger partial charge in [0.1, 0.15) is 0 Å². The maximum absolute atomic E-state index is 14.0. The summed E-state index contributed by atoms with van der Waals surface area (Å²) in [6.45, 7) is 0. The van der Waals surface area contributed by atoms with E-state index in [2.05, 4.69) is 15.2 Å². The Morgan fingerprint density at radius 3 is 2.63 bits per heavy atom.